The SMILES string of the molecule is CC(C)c1cccc(C(C)C)c1-n1c(-c2[c-]cc(-c3cc4c5c(c3)-n3c6ccc(C(C)(C)C)cc6c6cc(C(C)(C)C)cc(c63)B5c3cc(C(C)(C)C)cc5c3N4c3ccc(C(C)(C)C)cc3S5)cc2)nc2ccccc21.Cc1cnc(-c2[c-]cc(F)cc2)cc1C.[Ir]. The molecule has 6 heterocycles. The first-order chi connectivity index (χ1) is 43.5. The van der Waals surface area contributed by atoms with Crippen molar-refractivity contribution in [1.82, 2.24) is 19.1 Å². The van der Waals surface area contributed by atoms with E-state index in [9.17, 15) is 4.39 Å². The number of imidazole rings is 1. The molecular weight excluding hydrogens is 1330 g/mol. The van der Waals surface area contributed by atoms with Crippen LogP contribution < -0.4 is 21.3 Å². The summed E-state index contributed by atoms with van der Waals surface area (Å²) in [6.45, 7) is 41.5. The van der Waals surface area contributed by atoms with Crippen LogP contribution in [0.2, 0.25) is 0 Å². The van der Waals surface area contributed by atoms with Gasteiger partial charge in [0.05, 0.1) is 33.7 Å². The monoisotopic (exact) mass is 1420 g/mol. The van der Waals surface area contributed by atoms with Crippen molar-refractivity contribution in [2.75, 3.05) is 4.90 Å². The van der Waals surface area contributed by atoms with Crippen LogP contribution >= 0.6 is 11.8 Å². The van der Waals surface area contributed by atoms with Gasteiger partial charge in [-0.25, -0.2) is 0 Å². The molecule has 0 aliphatic carbocycles. The van der Waals surface area contributed by atoms with E-state index in [4.69, 9.17) is 4.98 Å². The van der Waals surface area contributed by atoms with Gasteiger partial charge in [0.2, 0.25) is 0 Å². The van der Waals surface area contributed by atoms with Crippen LogP contribution in [0.15, 0.2) is 174 Å². The van der Waals surface area contributed by atoms with Crippen LogP contribution in [0, 0.1) is 31.8 Å². The Morgan fingerprint density at radius 3 is 1.76 bits per heavy atom. The van der Waals surface area contributed by atoms with Crippen LogP contribution in [0.1, 0.15) is 167 Å². The average Bonchev–Trinajstić information content (AvgIpc) is 1.67. The number of benzene rings is 9. The maximum absolute atomic E-state index is 12.7. The van der Waals surface area contributed by atoms with Gasteiger partial charge in [-0.05, 0) is 169 Å². The molecule has 3 aliphatic rings. The Morgan fingerprint density at radius 2 is 1.12 bits per heavy atom. The Labute approximate surface area is 568 Å². The Balaban J connectivity index is 0.000000433. The molecule has 0 bridgehead atoms. The van der Waals surface area contributed by atoms with E-state index in [0.717, 1.165) is 44.8 Å². The zero-order valence-corrected chi connectivity index (χ0v) is 60.4. The van der Waals surface area contributed by atoms with Crippen molar-refractivity contribution in [1.29, 1.82) is 0 Å². The third kappa shape index (κ3) is 10.9. The summed E-state index contributed by atoms with van der Waals surface area (Å²) < 4.78 is 17.8. The molecule has 9 aromatic carbocycles. The molecule has 0 saturated heterocycles. The number of anilines is 3. The van der Waals surface area contributed by atoms with Gasteiger partial charge in [0.1, 0.15) is 0 Å². The van der Waals surface area contributed by atoms with Gasteiger partial charge in [0, 0.05) is 75.3 Å². The number of hydrogen-bond acceptors (Lipinski definition) is 4. The van der Waals surface area contributed by atoms with Gasteiger partial charge >= 0.3 is 0 Å². The van der Waals surface area contributed by atoms with E-state index in [1.807, 2.05) is 37.9 Å². The molecule has 9 heteroatoms. The van der Waals surface area contributed by atoms with Gasteiger partial charge in [-0.2, -0.15) is 0 Å². The minimum Gasteiger partial charge on any atom is -0.333 e. The normalized spacial score (nSPS) is 13.3. The van der Waals surface area contributed by atoms with E-state index >= 15 is 0 Å². The molecule has 0 unspecified atom stereocenters. The number of aryl methyl sites for hydroxylation is 2. The minimum absolute atomic E-state index is 0. The summed E-state index contributed by atoms with van der Waals surface area (Å²) in [4.78, 5) is 15.0. The fourth-order valence-corrected chi connectivity index (χ4v) is 15.3. The van der Waals surface area contributed by atoms with Crippen LogP contribution in [-0.2, 0) is 41.8 Å². The third-order valence-corrected chi connectivity index (χ3v) is 20.6. The predicted molar refractivity (Wildman–Crippen MR) is 389 cm³/mol. The quantitative estimate of drug-likeness (QED) is 0.123. The van der Waals surface area contributed by atoms with E-state index in [1.165, 1.54) is 133 Å². The molecule has 471 valence electrons. The molecule has 3 aliphatic heterocycles. The van der Waals surface area contributed by atoms with Crippen molar-refractivity contribution in [2.45, 2.75) is 168 Å². The first-order valence-corrected chi connectivity index (χ1v) is 33.7. The van der Waals surface area contributed by atoms with Crippen LogP contribution in [0.3, 0.4) is 0 Å². The van der Waals surface area contributed by atoms with Crippen molar-refractivity contribution in [3.8, 4) is 45.1 Å². The van der Waals surface area contributed by atoms with E-state index in [0.29, 0.717) is 11.8 Å². The van der Waals surface area contributed by atoms with Crippen LogP contribution in [-0.4, -0.2) is 25.8 Å². The summed E-state index contributed by atoms with van der Waals surface area (Å²) in [6.07, 6.45) is 1.82. The van der Waals surface area contributed by atoms with Crippen LogP contribution in [0.5, 0.6) is 0 Å². The summed E-state index contributed by atoms with van der Waals surface area (Å²) >= 11 is 1.96. The molecule has 5 nitrogen and oxygen atoms in total. The number of hydrogen-bond donors (Lipinski definition) is 0. The molecular formula is C84H83BFIrN5S-2. The molecule has 1 radical (unpaired) electrons. The number of halogens is 1. The molecule has 3 aromatic heterocycles. The molecule has 12 aromatic rings. The minimum atomic E-state index is -0.275. The van der Waals surface area contributed by atoms with E-state index < -0.39 is 0 Å². The Kier molecular flexibility index (Phi) is 15.8. The topological polar surface area (TPSA) is 38.9 Å². The van der Waals surface area contributed by atoms with Crippen molar-refractivity contribution >= 4 is 84.8 Å². The van der Waals surface area contributed by atoms with Crippen molar-refractivity contribution < 1.29 is 24.5 Å². The van der Waals surface area contributed by atoms with Gasteiger partial charge in [0.25, 0.3) is 6.71 Å². The van der Waals surface area contributed by atoms with Crippen LogP contribution in [0.25, 0.3) is 78.0 Å². The summed E-state index contributed by atoms with van der Waals surface area (Å²) in [6, 6.07) is 65.2. The smallest absolute Gasteiger partial charge is 0.252 e. The number of fused-ring (bicyclic) bond motifs is 10. The van der Waals surface area contributed by atoms with Crippen molar-refractivity contribution in [3.63, 3.8) is 0 Å². The second-order valence-electron chi connectivity index (χ2n) is 30.8. The maximum Gasteiger partial charge on any atom is 0.252 e. The molecule has 0 fully saturated rings. The largest absolute Gasteiger partial charge is 0.333 e. The second-order valence-corrected chi connectivity index (χ2v) is 31.9. The maximum atomic E-state index is 12.7. The first kappa shape index (κ1) is 63.9. The van der Waals surface area contributed by atoms with E-state index in [1.54, 1.807) is 6.07 Å². The first-order valence-electron chi connectivity index (χ1n) is 32.9. The summed E-state index contributed by atoms with van der Waals surface area (Å²) in [5, 5.41) is 2.66. The standard InChI is InChI=1S/C71H72BN4S.C13H11FN.Ir/c1-40(2)49-20-19-21-50(41(3)4)64(49)76-57-23-18-17-22-55(57)73-67(76)43-26-24-42(25-27-43)44-32-59-63-60(33-44)75-58-31-29-46(69(8,9)10)38-61(58)77-62-39-48(71(14,15)16)37-54(66(62)75)72(63)53-36-47(70(11,12)13)35-52-51-34-45(68(5,6)7)28-30-56(51)74(59)65(52)53;1-9-7-13(15-8-10(9)2)11-3-5-12(14)6-4-11;/h17-26,28-41H,1-16H3;3,5-8H,1-2H3;/q2*-1;. The number of aromatic nitrogens is 4. The summed E-state index contributed by atoms with van der Waals surface area (Å²) in [5.41, 5.74) is 30.3. The number of rotatable bonds is 6. The summed E-state index contributed by atoms with van der Waals surface area (Å²) in [5.74, 6) is 1.29. The van der Waals surface area contributed by atoms with Gasteiger partial charge < -0.3 is 19.0 Å². The molecule has 0 N–H and O–H groups in total. The Bertz CT molecular complexity index is 4960. The molecule has 93 heavy (non-hydrogen) atoms. The number of para-hydroxylation sites is 3. The predicted octanol–water partition coefficient (Wildman–Crippen LogP) is 21.1. The van der Waals surface area contributed by atoms with E-state index in [-0.39, 0.29) is 54.3 Å². The second kappa shape index (κ2) is 23.0. The van der Waals surface area contributed by atoms with Gasteiger partial charge in [-0.15, -0.1) is 59.7 Å². The molecule has 0 atom stereocenters. The zero-order chi connectivity index (χ0) is 65.0. The fraction of sp³-hybridized carbons (Fsp3) is 0.286. The Morgan fingerprint density at radius 1 is 0.505 bits per heavy atom. The summed E-state index contributed by atoms with van der Waals surface area (Å²) in [7, 11) is 0. The molecule has 0 spiro atoms. The fourth-order valence-electron chi connectivity index (χ4n) is 14.1. The molecule has 0 amide bonds. The van der Waals surface area contributed by atoms with Crippen molar-refractivity contribution in [2.24, 2.45) is 0 Å². The van der Waals surface area contributed by atoms with Crippen LogP contribution in [0.4, 0.5) is 21.5 Å². The van der Waals surface area contributed by atoms with Gasteiger partial charge in [0.15, 0.2) is 0 Å². The Hall–Kier alpha value is -7.81. The van der Waals surface area contributed by atoms with Crippen molar-refractivity contribution in [3.05, 3.63) is 226 Å². The molecule has 15 rings (SSSR count). The third-order valence-electron chi connectivity index (χ3n) is 19.6. The number of pyridine rings is 1. The zero-order valence-electron chi connectivity index (χ0n) is 57.2. The van der Waals surface area contributed by atoms with Gasteiger partial charge in [-0.3, -0.25) is 9.37 Å². The van der Waals surface area contributed by atoms with Gasteiger partial charge in [-0.1, -0.05) is 200 Å². The van der Waals surface area contributed by atoms with E-state index in [2.05, 4.69) is 275 Å². The number of nitrogens with zero attached hydrogens (tertiary/aromatic N) is 5. The average molecular weight is 1420 g/mol. The molecule has 0 saturated carbocycles.